The van der Waals surface area contributed by atoms with Crippen molar-refractivity contribution in [3.63, 3.8) is 0 Å². The van der Waals surface area contributed by atoms with Gasteiger partial charge in [-0.2, -0.15) is 0 Å². The van der Waals surface area contributed by atoms with Crippen LogP contribution in [0.3, 0.4) is 0 Å². The zero-order valence-electron chi connectivity index (χ0n) is 27.2. The first-order valence-electron chi connectivity index (χ1n) is 16.9. The van der Waals surface area contributed by atoms with Gasteiger partial charge in [-0.1, -0.05) is 36.9 Å². The van der Waals surface area contributed by atoms with Gasteiger partial charge in [0, 0.05) is 89.6 Å². The van der Waals surface area contributed by atoms with E-state index in [4.69, 9.17) is 16.6 Å². The highest BCUT2D eigenvalue weighted by atomic mass is 35.5. The van der Waals surface area contributed by atoms with Crippen LogP contribution in [0.25, 0.3) is 11.4 Å². The molecule has 0 unspecified atom stereocenters. The van der Waals surface area contributed by atoms with Gasteiger partial charge < -0.3 is 20.3 Å². The lowest BCUT2D eigenvalue weighted by atomic mass is 9.87. The van der Waals surface area contributed by atoms with E-state index in [2.05, 4.69) is 25.2 Å². The molecule has 2 atom stereocenters. The highest BCUT2D eigenvalue weighted by molar-refractivity contribution is 7.11. The molecule has 2 aromatic heterocycles. The Morgan fingerprint density at radius 2 is 1.88 bits per heavy atom. The molecule has 50 heavy (non-hydrogen) atoms. The summed E-state index contributed by atoms with van der Waals surface area (Å²) in [6.07, 6.45) is 9.87. The third kappa shape index (κ3) is 6.29. The quantitative estimate of drug-likeness (QED) is 0.192. The highest BCUT2D eigenvalue weighted by Gasteiger charge is 2.42. The van der Waals surface area contributed by atoms with Crippen LogP contribution in [-0.4, -0.2) is 86.5 Å². The summed E-state index contributed by atoms with van der Waals surface area (Å²) in [4.78, 5) is 49.5. The van der Waals surface area contributed by atoms with Gasteiger partial charge in [0.1, 0.15) is 17.7 Å². The first kappa shape index (κ1) is 32.6. The fourth-order valence-corrected chi connectivity index (χ4v) is 8.48. The molecular weight excluding hydrogens is 679 g/mol. The van der Waals surface area contributed by atoms with Gasteiger partial charge >= 0.3 is 12.0 Å². The van der Waals surface area contributed by atoms with E-state index in [-0.39, 0.29) is 29.2 Å². The zero-order valence-corrected chi connectivity index (χ0v) is 28.8. The number of nitrogens with one attached hydrogen (secondary N) is 2. The zero-order chi connectivity index (χ0) is 34.4. The normalized spacial score (nSPS) is 21.7. The molecular formula is C36H36ClFN8O3S. The van der Waals surface area contributed by atoms with Crippen LogP contribution in [0.2, 0.25) is 5.02 Å². The van der Waals surface area contributed by atoms with Crippen molar-refractivity contribution in [2.45, 2.75) is 50.1 Å². The SMILES string of the molecule is O=C(O)C1=C(CN2CCN3C(=O)N(c4ccc(-c5ncc(C6CCCCC6)[nH]5)cc4)C[C@@H]3C2)NC(c2nccs2)=N[C@H]1c1ccc(F)cc1Cl. The molecule has 4 aromatic rings. The predicted octanol–water partition coefficient (Wildman–Crippen LogP) is 6.43. The van der Waals surface area contributed by atoms with Crippen molar-refractivity contribution in [1.82, 2.24) is 30.1 Å². The number of amidine groups is 1. The summed E-state index contributed by atoms with van der Waals surface area (Å²) in [5.74, 6) is 0.148. The molecule has 0 bridgehead atoms. The van der Waals surface area contributed by atoms with E-state index in [1.54, 1.807) is 6.20 Å². The summed E-state index contributed by atoms with van der Waals surface area (Å²) in [5, 5.41) is 16.2. The van der Waals surface area contributed by atoms with Crippen LogP contribution in [0.15, 0.2) is 76.5 Å². The van der Waals surface area contributed by atoms with Crippen LogP contribution in [0.5, 0.6) is 0 Å². The van der Waals surface area contributed by atoms with Crippen LogP contribution >= 0.6 is 22.9 Å². The van der Waals surface area contributed by atoms with Crippen molar-refractivity contribution >= 4 is 46.5 Å². The number of carbonyl (C=O) groups is 2. The van der Waals surface area contributed by atoms with Crippen LogP contribution in [0.4, 0.5) is 14.9 Å². The lowest BCUT2D eigenvalue weighted by Crippen LogP contribution is -2.53. The third-order valence-corrected chi connectivity index (χ3v) is 11.3. The number of aliphatic imine (C=N–C) groups is 1. The first-order valence-corrected chi connectivity index (χ1v) is 18.2. The first-order chi connectivity index (χ1) is 24.3. The Bertz CT molecular complexity index is 1970. The number of thiazole rings is 1. The number of aromatic nitrogens is 3. The van der Waals surface area contributed by atoms with Gasteiger partial charge in [-0.05, 0) is 49.2 Å². The molecule has 11 nitrogen and oxygen atoms in total. The molecule has 3 fully saturated rings. The number of piperazine rings is 1. The molecule has 5 heterocycles. The number of imidazole rings is 1. The van der Waals surface area contributed by atoms with Gasteiger partial charge in [0.05, 0.1) is 11.6 Å². The number of halogens is 2. The van der Waals surface area contributed by atoms with Gasteiger partial charge in [0.15, 0.2) is 10.8 Å². The molecule has 2 saturated heterocycles. The average molecular weight is 715 g/mol. The number of rotatable bonds is 8. The van der Waals surface area contributed by atoms with Gasteiger partial charge in [0.2, 0.25) is 0 Å². The number of H-pyrrole nitrogens is 1. The molecule has 2 aromatic carbocycles. The highest BCUT2D eigenvalue weighted by Crippen LogP contribution is 2.37. The smallest absolute Gasteiger partial charge is 0.335 e. The maximum atomic E-state index is 14.0. The van der Waals surface area contributed by atoms with Crippen LogP contribution < -0.4 is 10.2 Å². The Labute approximate surface area is 297 Å². The van der Waals surface area contributed by atoms with Gasteiger partial charge in [-0.25, -0.2) is 23.9 Å². The summed E-state index contributed by atoms with van der Waals surface area (Å²) >= 11 is 7.81. The van der Waals surface area contributed by atoms with E-state index >= 15 is 0 Å². The van der Waals surface area contributed by atoms with E-state index < -0.39 is 17.8 Å². The standard InChI is InChI=1S/C36H36ClFN8O3S/c37-27-16-23(38)8-11-26(27)31-30(35(47)48)29(42-33(43-31)34-39-12-15-50-34)20-44-13-14-45-25(18-44)19-46(36(45)49)24-9-6-22(7-10-24)32-40-17-28(41-32)21-4-2-1-3-5-21/h6-12,15-17,21,25,31H,1-5,13-14,18-20H2,(H,40,41)(H,42,43)(H,47,48)/t25-,31-/m0/s1. The summed E-state index contributed by atoms with van der Waals surface area (Å²) in [5.41, 5.74) is 3.89. The summed E-state index contributed by atoms with van der Waals surface area (Å²) < 4.78 is 14.0. The topological polar surface area (TPSA) is 130 Å². The minimum atomic E-state index is -1.15. The fourth-order valence-electron chi connectivity index (χ4n) is 7.63. The lowest BCUT2D eigenvalue weighted by Gasteiger charge is -2.37. The number of aliphatic carboxylic acids is 1. The maximum absolute atomic E-state index is 14.0. The van der Waals surface area contributed by atoms with Crippen molar-refractivity contribution in [1.29, 1.82) is 0 Å². The number of nitrogens with zero attached hydrogens (tertiary/aromatic N) is 6. The van der Waals surface area contributed by atoms with E-state index in [0.717, 1.165) is 23.1 Å². The van der Waals surface area contributed by atoms with Gasteiger partial charge in [-0.15, -0.1) is 11.3 Å². The minimum Gasteiger partial charge on any atom is -0.478 e. The number of fused-ring (bicyclic) bond motifs is 1. The Balaban J connectivity index is 0.990. The molecule has 14 heteroatoms. The molecule has 0 spiro atoms. The van der Waals surface area contributed by atoms with Crippen LogP contribution in [-0.2, 0) is 4.79 Å². The third-order valence-electron chi connectivity index (χ3n) is 10.2. The molecule has 3 aliphatic heterocycles. The number of benzene rings is 2. The Hall–Kier alpha value is -4.59. The van der Waals surface area contributed by atoms with E-state index in [1.807, 2.05) is 45.6 Å². The molecule has 3 N–H and O–H groups in total. The second-order valence-corrected chi connectivity index (χ2v) is 14.6. The second kappa shape index (κ2) is 13.6. The number of carboxylic acid groups (broad SMARTS) is 1. The van der Waals surface area contributed by atoms with Gasteiger partial charge in [0.25, 0.3) is 0 Å². The number of urea groups is 1. The number of carbonyl (C=O) groups excluding carboxylic acids is 1. The van der Waals surface area contributed by atoms with Gasteiger partial charge in [-0.3, -0.25) is 14.8 Å². The molecule has 1 aliphatic carbocycles. The Kier molecular flexibility index (Phi) is 8.88. The molecule has 8 rings (SSSR count). The number of aromatic amines is 1. The van der Waals surface area contributed by atoms with Crippen LogP contribution in [0.1, 0.15) is 60.3 Å². The number of amides is 2. The number of hydrogen-bond acceptors (Lipinski definition) is 8. The molecule has 2 amide bonds. The number of anilines is 1. The largest absolute Gasteiger partial charge is 0.478 e. The Morgan fingerprint density at radius 1 is 1.06 bits per heavy atom. The monoisotopic (exact) mass is 714 g/mol. The number of carboxylic acids is 1. The van der Waals surface area contributed by atoms with E-state index in [1.165, 1.54) is 61.3 Å². The molecule has 1 saturated carbocycles. The summed E-state index contributed by atoms with van der Waals surface area (Å²) in [6, 6.07) is 10.8. The Morgan fingerprint density at radius 3 is 2.62 bits per heavy atom. The van der Waals surface area contributed by atoms with E-state index in [0.29, 0.717) is 54.2 Å². The number of hydrogen-bond donors (Lipinski definition) is 3. The van der Waals surface area contributed by atoms with Crippen molar-refractivity contribution in [2.24, 2.45) is 4.99 Å². The summed E-state index contributed by atoms with van der Waals surface area (Å²) in [6.45, 7) is 2.41. The van der Waals surface area contributed by atoms with Crippen molar-refractivity contribution in [3.05, 3.63) is 98.6 Å². The molecule has 4 aliphatic rings. The predicted molar refractivity (Wildman–Crippen MR) is 190 cm³/mol. The van der Waals surface area contributed by atoms with Crippen molar-refractivity contribution in [2.75, 3.05) is 37.6 Å². The maximum Gasteiger partial charge on any atom is 0.335 e. The molecule has 0 radical (unpaired) electrons. The van der Waals surface area contributed by atoms with Crippen molar-refractivity contribution < 1.29 is 19.1 Å². The fraction of sp³-hybridized carbons (Fsp3) is 0.361. The minimum absolute atomic E-state index is 0.0351. The average Bonchev–Trinajstić information content (AvgIpc) is 3.90. The summed E-state index contributed by atoms with van der Waals surface area (Å²) in [7, 11) is 0. The van der Waals surface area contributed by atoms with Crippen molar-refractivity contribution in [3.8, 4) is 11.4 Å². The van der Waals surface area contributed by atoms with E-state index in [9.17, 15) is 19.1 Å². The van der Waals surface area contributed by atoms with Crippen LogP contribution in [0, 0.1) is 5.82 Å². The second-order valence-electron chi connectivity index (χ2n) is 13.3. The lowest BCUT2D eigenvalue weighted by molar-refractivity contribution is -0.133. The molecule has 258 valence electrons.